The molecule has 0 bridgehead atoms. The molecule has 0 amide bonds. The minimum atomic E-state index is -4.29. The molecule has 1 aromatic rings. The average Bonchev–Trinajstić information content (AvgIpc) is 2.50. The number of thiocarbonyl (C=S) groups is 1. The molecule has 8 heteroatoms. The molecule has 19 heavy (non-hydrogen) atoms. The SMILES string of the molecule is CCCN(CC(F)(F)F)c1c(C(N)=S)c(C)nn1C. The Hall–Kier alpha value is -1.31. The molecule has 0 radical (unpaired) electrons. The van der Waals surface area contributed by atoms with Crippen LogP contribution >= 0.6 is 12.2 Å². The standard InChI is InChI=1S/C11H17F3N4S/c1-4-5-18(6-11(12,13)14)10-8(9(15)19)7(2)16-17(10)3/h4-6H2,1-3H3,(H2,15,19). The highest BCUT2D eigenvalue weighted by Crippen LogP contribution is 2.27. The normalized spacial score (nSPS) is 11.7. The van der Waals surface area contributed by atoms with Crippen LogP contribution in [0.4, 0.5) is 19.0 Å². The first-order valence-electron chi connectivity index (χ1n) is 5.82. The highest BCUT2D eigenvalue weighted by molar-refractivity contribution is 7.80. The number of hydrogen-bond acceptors (Lipinski definition) is 3. The molecule has 2 N–H and O–H groups in total. The van der Waals surface area contributed by atoms with E-state index in [9.17, 15) is 13.2 Å². The van der Waals surface area contributed by atoms with Crippen LogP contribution in [0.2, 0.25) is 0 Å². The van der Waals surface area contributed by atoms with Gasteiger partial charge in [0.05, 0.1) is 11.3 Å². The topological polar surface area (TPSA) is 47.1 Å². The number of halogens is 3. The van der Waals surface area contributed by atoms with Gasteiger partial charge in [-0.15, -0.1) is 0 Å². The number of hydrogen-bond donors (Lipinski definition) is 1. The molecule has 4 nitrogen and oxygen atoms in total. The number of aryl methyl sites for hydroxylation is 2. The van der Waals surface area contributed by atoms with Gasteiger partial charge in [0.15, 0.2) is 0 Å². The van der Waals surface area contributed by atoms with Crippen molar-refractivity contribution in [1.29, 1.82) is 0 Å². The number of nitrogens with two attached hydrogens (primary N) is 1. The van der Waals surface area contributed by atoms with Crippen LogP contribution in [0, 0.1) is 6.92 Å². The second-order valence-corrected chi connectivity index (χ2v) is 4.75. The van der Waals surface area contributed by atoms with Gasteiger partial charge in [-0.3, -0.25) is 4.68 Å². The van der Waals surface area contributed by atoms with Crippen LogP contribution in [0.1, 0.15) is 24.6 Å². The fourth-order valence-electron chi connectivity index (χ4n) is 2.04. The van der Waals surface area contributed by atoms with Crippen molar-refractivity contribution in [3.8, 4) is 0 Å². The molecule has 0 aliphatic heterocycles. The zero-order valence-corrected chi connectivity index (χ0v) is 11.9. The number of rotatable bonds is 5. The fourth-order valence-corrected chi connectivity index (χ4v) is 2.28. The van der Waals surface area contributed by atoms with Crippen LogP contribution in [0.15, 0.2) is 0 Å². The highest BCUT2D eigenvalue weighted by Gasteiger charge is 2.33. The van der Waals surface area contributed by atoms with Crippen molar-refractivity contribution in [1.82, 2.24) is 9.78 Å². The Bertz CT molecular complexity index is 467. The van der Waals surface area contributed by atoms with E-state index in [4.69, 9.17) is 18.0 Å². The summed E-state index contributed by atoms with van der Waals surface area (Å²) in [6.07, 6.45) is -3.71. The van der Waals surface area contributed by atoms with Gasteiger partial charge in [0.2, 0.25) is 0 Å². The van der Waals surface area contributed by atoms with Crippen molar-refractivity contribution in [2.24, 2.45) is 12.8 Å². The number of nitrogens with zero attached hydrogens (tertiary/aromatic N) is 3. The maximum absolute atomic E-state index is 12.7. The van der Waals surface area contributed by atoms with E-state index in [1.54, 1.807) is 14.0 Å². The Kier molecular flexibility index (Phi) is 4.78. The number of aromatic nitrogens is 2. The van der Waals surface area contributed by atoms with E-state index in [0.717, 1.165) is 0 Å². The van der Waals surface area contributed by atoms with E-state index in [1.165, 1.54) is 9.58 Å². The Labute approximate surface area is 115 Å². The smallest absolute Gasteiger partial charge is 0.389 e. The van der Waals surface area contributed by atoms with Gasteiger partial charge >= 0.3 is 6.18 Å². The molecule has 1 aromatic heterocycles. The van der Waals surface area contributed by atoms with E-state index in [2.05, 4.69) is 5.10 Å². The molecule has 0 unspecified atom stereocenters. The molecule has 0 saturated carbocycles. The Balaban J connectivity index is 3.26. The molecule has 108 valence electrons. The molecule has 0 fully saturated rings. The summed E-state index contributed by atoms with van der Waals surface area (Å²) in [4.78, 5) is 1.28. The average molecular weight is 294 g/mol. The quantitative estimate of drug-likeness (QED) is 0.845. The van der Waals surface area contributed by atoms with Crippen LogP contribution in [-0.2, 0) is 7.05 Å². The lowest BCUT2D eigenvalue weighted by Crippen LogP contribution is -2.37. The second-order valence-electron chi connectivity index (χ2n) is 4.31. The van der Waals surface area contributed by atoms with E-state index < -0.39 is 12.7 Å². The third kappa shape index (κ3) is 3.82. The van der Waals surface area contributed by atoms with Crippen molar-refractivity contribution < 1.29 is 13.2 Å². The molecule has 0 aliphatic rings. The van der Waals surface area contributed by atoms with Crippen LogP contribution in [0.5, 0.6) is 0 Å². The van der Waals surface area contributed by atoms with Crippen molar-refractivity contribution in [3.63, 3.8) is 0 Å². The molecule has 0 spiro atoms. The number of anilines is 1. The van der Waals surface area contributed by atoms with Gasteiger partial charge < -0.3 is 10.6 Å². The van der Waals surface area contributed by atoms with Crippen LogP contribution in [0.25, 0.3) is 0 Å². The van der Waals surface area contributed by atoms with E-state index in [-0.39, 0.29) is 11.5 Å². The summed E-state index contributed by atoms with van der Waals surface area (Å²) in [7, 11) is 1.59. The van der Waals surface area contributed by atoms with Crippen molar-refractivity contribution >= 4 is 23.0 Å². The summed E-state index contributed by atoms with van der Waals surface area (Å²) < 4.78 is 39.3. The van der Waals surface area contributed by atoms with Gasteiger partial charge in [0.1, 0.15) is 17.4 Å². The highest BCUT2D eigenvalue weighted by atomic mass is 32.1. The first kappa shape index (κ1) is 15.7. The van der Waals surface area contributed by atoms with Gasteiger partial charge in [0.25, 0.3) is 0 Å². The Morgan fingerprint density at radius 2 is 2.05 bits per heavy atom. The third-order valence-electron chi connectivity index (χ3n) is 2.60. The summed E-state index contributed by atoms with van der Waals surface area (Å²) in [6, 6.07) is 0. The Morgan fingerprint density at radius 3 is 2.47 bits per heavy atom. The predicted octanol–water partition coefficient (Wildman–Crippen LogP) is 2.14. The largest absolute Gasteiger partial charge is 0.405 e. The molecule has 0 aliphatic carbocycles. The van der Waals surface area contributed by atoms with E-state index in [0.29, 0.717) is 23.5 Å². The van der Waals surface area contributed by atoms with Crippen LogP contribution in [-0.4, -0.2) is 34.0 Å². The fraction of sp³-hybridized carbons (Fsp3) is 0.636. The van der Waals surface area contributed by atoms with Gasteiger partial charge in [-0.2, -0.15) is 18.3 Å². The summed E-state index contributed by atoms with van der Waals surface area (Å²) in [6.45, 7) is 2.70. The molecular formula is C11H17F3N4S. The van der Waals surface area contributed by atoms with Gasteiger partial charge in [0, 0.05) is 13.6 Å². The van der Waals surface area contributed by atoms with E-state index in [1.807, 2.05) is 6.92 Å². The van der Waals surface area contributed by atoms with Gasteiger partial charge in [-0.05, 0) is 13.3 Å². The van der Waals surface area contributed by atoms with Crippen molar-refractivity contribution in [2.75, 3.05) is 18.0 Å². The molecule has 0 saturated heterocycles. The summed E-state index contributed by atoms with van der Waals surface area (Å²) in [5.41, 5.74) is 6.54. The third-order valence-corrected chi connectivity index (χ3v) is 2.81. The monoisotopic (exact) mass is 294 g/mol. The lowest BCUT2D eigenvalue weighted by atomic mass is 10.2. The molecule has 0 aromatic carbocycles. The first-order chi connectivity index (χ1) is 8.67. The van der Waals surface area contributed by atoms with E-state index >= 15 is 0 Å². The molecular weight excluding hydrogens is 277 g/mol. The molecule has 0 atom stereocenters. The summed E-state index contributed by atoms with van der Waals surface area (Å²) in [5.74, 6) is 0.323. The molecule has 1 heterocycles. The van der Waals surface area contributed by atoms with Crippen molar-refractivity contribution in [3.05, 3.63) is 11.3 Å². The van der Waals surface area contributed by atoms with Crippen molar-refractivity contribution in [2.45, 2.75) is 26.4 Å². The summed E-state index contributed by atoms with van der Waals surface area (Å²) >= 11 is 4.91. The van der Waals surface area contributed by atoms with Gasteiger partial charge in [-0.1, -0.05) is 19.1 Å². The summed E-state index contributed by atoms with van der Waals surface area (Å²) in [5, 5.41) is 4.11. The number of alkyl halides is 3. The minimum absolute atomic E-state index is 0.0591. The minimum Gasteiger partial charge on any atom is -0.389 e. The maximum atomic E-state index is 12.7. The first-order valence-corrected chi connectivity index (χ1v) is 6.23. The zero-order chi connectivity index (χ0) is 14.8. The van der Waals surface area contributed by atoms with Crippen LogP contribution in [0.3, 0.4) is 0 Å². The van der Waals surface area contributed by atoms with Gasteiger partial charge in [-0.25, -0.2) is 0 Å². The lowest BCUT2D eigenvalue weighted by Gasteiger charge is -2.26. The lowest BCUT2D eigenvalue weighted by molar-refractivity contribution is -0.119. The Morgan fingerprint density at radius 1 is 1.47 bits per heavy atom. The molecule has 1 rings (SSSR count). The second kappa shape index (κ2) is 5.77. The van der Waals surface area contributed by atoms with Crippen LogP contribution < -0.4 is 10.6 Å². The predicted molar refractivity (Wildman–Crippen MR) is 72.4 cm³/mol. The zero-order valence-electron chi connectivity index (χ0n) is 11.1. The maximum Gasteiger partial charge on any atom is 0.405 e.